The van der Waals surface area contributed by atoms with Gasteiger partial charge in [0.2, 0.25) is 11.9 Å². The molecule has 33 heavy (non-hydrogen) atoms. The molecule has 0 bridgehead atoms. The molecular weight excluding hydrogens is 421 g/mol. The van der Waals surface area contributed by atoms with E-state index in [2.05, 4.69) is 20.2 Å². The number of piperidine rings is 1. The van der Waals surface area contributed by atoms with E-state index in [9.17, 15) is 9.18 Å². The number of likely N-dealkylation sites (tertiary alicyclic amines) is 1. The molecule has 1 aromatic heterocycles. The van der Waals surface area contributed by atoms with Gasteiger partial charge in [-0.1, -0.05) is 18.2 Å². The minimum atomic E-state index is -0.448. The number of aromatic nitrogens is 2. The van der Waals surface area contributed by atoms with Gasteiger partial charge in [-0.25, -0.2) is 14.4 Å². The quantitative estimate of drug-likeness (QED) is 0.543. The summed E-state index contributed by atoms with van der Waals surface area (Å²) < 4.78 is 19.1. The second-order valence-corrected chi connectivity index (χ2v) is 8.13. The number of carbonyl (C=O) groups excluding carboxylic acids is 1. The number of primary amides is 1. The zero-order valence-corrected chi connectivity index (χ0v) is 18.6. The summed E-state index contributed by atoms with van der Waals surface area (Å²) in [7, 11) is 0. The predicted molar refractivity (Wildman–Crippen MR) is 125 cm³/mol. The van der Waals surface area contributed by atoms with Crippen molar-refractivity contribution in [3.63, 3.8) is 0 Å². The summed E-state index contributed by atoms with van der Waals surface area (Å²) in [6.45, 7) is 4.94. The largest absolute Gasteiger partial charge is 0.491 e. The average Bonchev–Trinajstić information content (AvgIpc) is 2.83. The van der Waals surface area contributed by atoms with Crippen LogP contribution in [0.5, 0.6) is 5.75 Å². The molecule has 0 atom stereocenters. The summed E-state index contributed by atoms with van der Waals surface area (Å²) in [6.07, 6.45) is 5.49. The highest BCUT2D eigenvalue weighted by molar-refractivity contribution is 5.93. The van der Waals surface area contributed by atoms with Crippen molar-refractivity contribution in [2.24, 2.45) is 5.73 Å². The van der Waals surface area contributed by atoms with Crippen LogP contribution in [0.15, 0.2) is 54.9 Å². The van der Waals surface area contributed by atoms with Gasteiger partial charge in [0, 0.05) is 49.2 Å². The van der Waals surface area contributed by atoms with Crippen LogP contribution in [0.25, 0.3) is 11.1 Å². The second-order valence-electron chi connectivity index (χ2n) is 8.13. The fourth-order valence-corrected chi connectivity index (χ4v) is 3.97. The van der Waals surface area contributed by atoms with Crippen molar-refractivity contribution in [2.75, 3.05) is 25.0 Å². The van der Waals surface area contributed by atoms with Crippen LogP contribution in [0.1, 0.15) is 35.7 Å². The van der Waals surface area contributed by atoms with E-state index in [-0.39, 0.29) is 5.82 Å². The Balaban J connectivity index is 1.28. The van der Waals surface area contributed by atoms with Crippen LogP contribution >= 0.6 is 0 Å². The van der Waals surface area contributed by atoms with E-state index in [1.165, 1.54) is 6.07 Å². The van der Waals surface area contributed by atoms with Crippen molar-refractivity contribution >= 4 is 11.9 Å². The van der Waals surface area contributed by atoms with E-state index < -0.39 is 5.91 Å². The Kier molecular flexibility index (Phi) is 7.14. The van der Waals surface area contributed by atoms with E-state index >= 15 is 0 Å². The van der Waals surface area contributed by atoms with Gasteiger partial charge in [0.1, 0.15) is 0 Å². The summed E-state index contributed by atoms with van der Waals surface area (Å²) in [5.41, 5.74) is 8.60. The van der Waals surface area contributed by atoms with Gasteiger partial charge in [-0.05, 0) is 55.2 Å². The molecule has 8 heteroatoms. The topological polar surface area (TPSA) is 93.4 Å². The summed E-state index contributed by atoms with van der Waals surface area (Å²) in [4.78, 5) is 22.5. The van der Waals surface area contributed by atoms with Crippen molar-refractivity contribution in [3.05, 3.63) is 71.8 Å². The minimum absolute atomic E-state index is 0.300. The van der Waals surface area contributed by atoms with E-state index in [4.69, 9.17) is 10.5 Å². The molecule has 0 unspecified atom stereocenters. The third-order valence-electron chi connectivity index (χ3n) is 5.78. The Morgan fingerprint density at radius 1 is 1.12 bits per heavy atom. The number of carbonyl (C=O) groups is 1. The lowest BCUT2D eigenvalue weighted by molar-refractivity contribution is 0.100. The summed E-state index contributed by atoms with van der Waals surface area (Å²) >= 11 is 0. The molecule has 2 aromatic carbocycles. The van der Waals surface area contributed by atoms with Crippen LogP contribution in [-0.4, -0.2) is 46.5 Å². The third kappa shape index (κ3) is 5.84. The normalized spacial score (nSPS) is 14.7. The molecule has 1 saturated heterocycles. The Hall–Kier alpha value is -3.52. The first-order chi connectivity index (χ1) is 16.0. The molecule has 1 fully saturated rings. The Morgan fingerprint density at radius 2 is 1.82 bits per heavy atom. The molecule has 2 heterocycles. The van der Waals surface area contributed by atoms with Crippen molar-refractivity contribution in [1.29, 1.82) is 0 Å². The molecule has 1 aliphatic rings. The first-order valence-electron chi connectivity index (χ1n) is 11.1. The lowest BCUT2D eigenvalue weighted by Crippen LogP contribution is -2.38. The van der Waals surface area contributed by atoms with Crippen molar-refractivity contribution in [3.8, 4) is 16.9 Å². The molecule has 0 spiro atoms. The van der Waals surface area contributed by atoms with E-state index in [0.717, 1.165) is 49.2 Å². The van der Waals surface area contributed by atoms with E-state index in [0.29, 0.717) is 29.9 Å². The third-order valence-corrected chi connectivity index (χ3v) is 5.78. The molecule has 3 aromatic rings. The highest BCUT2D eigenvalue weighted by Crippen LogP contribution is 2.23. The number of hydrogen-bond donors (Lipinski definition) is 2. The number of nitrogens with two attached hydrogens (primary N) is 1. The van der Waals surface area contributed by atoms with Gasteiger partial charge in [0.25, 0.3) is 0 Å². The first-order valence-corrected chi connectivity index (χ1v) is 11.1. The van der Waals surface area contributed by atoms with Gasteiger partial charge in [0.15, 0.2) is 11.6 Å². The van der Waals surface area contributed by atoms with Crippen molar-refractivity contribution in [2.45, 2.75) is 32.4 Å². The second kappa shape index (κ2) is 10.4. The zero-order valence-electron chi connectivity index (χ0n) is 18.6. The highest BCUT2D eigenvalue weighted by atomic mass is 19.1. The number of hydrogen-bond acceptors (Lipinski definition) is 6. The molecule has 3 N–H and O–H groups in total. The number of benzene rings is 2. The summed E-state index contributed by atoms with van der Waals surface area (Å²) in [5.74, 6) is 0.148. The molecule has 4 rings (SSSR count). The van der Waals surface area contributed by atoms with Crippen molar-refractivity contribution in [1.82, 2.24) is 14.9 Å². The average molecular weight is 450 g/mol. The molecule has 172 valence electrons. The summed E-state index contributed by atoms with van der Waals surface area (Å²) in [5, 5.41) is 3.42. The lowest BCUT2D eigenvalue weighted by atomic mass is 10.0. The number of amides is 1. The van der Waals surface area contributed by atoms with Gasteiger partial charge in [0.05, 0.1) is 6.61 Å². The van der Waals surface area contributed by atoms with Crippen molar-refractivity contribution < 1.29 is 13.9 Å². The molecule has 0 radical (unpaired) electrons. The highest BCUT2D eigenvalue weighted by Gasteiger charge is 2.20. The number of anilines is 1. The lowest BCUT2D eigenvalue weighted by Gasteiger charge is -2.32. The standard InChI is InChI=1S/C25H28FN5O2/c1-2-33-23-13-17(3-8-22(23)26)16-31-11-9-21(10-12-31)30-25-28-14-20(15-29-25)18-4-6-19(7-5-18)24(27)32/h3-8,13-15,21H,2,9-12,16H2,1H3,(H2,27,32)(H,28,29,30). The molecule has 1 aliphatic heterocycles. The van der Waals surface area contributed by atoms with Gasteiger partial charge in [-0.3, -0.25) is 9.69 Å². The van der Waals surface area contributed by atoms with Crippen LogP contribution in [-0.2, 0) is 6.54 Å². The number of halogens is 1. The molecular formula is C25H28FN5O2. The fraction of sp³-hybridized carbons (Fsp3) is 0.320. The molecule has 0 aliphatic carbocycles. The van der Waals surface area contributed by atoms with Gasteiger partial charge in [-0.2, -0.15) is 0 Å². The number of nitrogens with zero attached hydrogens (tertiary/aromatic N) is 3. The monoisotopic (exact) mass is 449 g/mol. The maximum Gasteiger partial charge on any atom is 0.248 e. The van der Waals surface area contributed by atoms with E-state index in [1.54, 1.807) is 30.6 Å². The maximum atomic E-state index is 13.8. The first kappa shape index (κ1) is 22.7. The molecule has 1 amide bonds. The maximum absolute atomic E-state index is 13.8. The minimum Gasteiger partial charge on any atom is -0.491 e. The number of rotatable bonds is 8. The fourth-order valence-electron chi connectivity index (χ4n) is 3.97. The Labute approximate surface area is 192 Å². The number of ether oxygens (including phenoxy) is 1. The van der Waals surface area contributed by atoms with Crippen LogP contribution in [0.3, 0.4) is 0 Å². The molecule has 0 saturated carbocycles. The van der Waals surface area contributed by atoms with Gasteiger partial charge >= 0.3 is 0 Å². The Bertz CT molecular complexity index is 1080. The molecule has 7 nitrogen and oxygen atoms in total. The zero-order chi connectivity index (χ0) is 23.2. The number of nitrogens with one attached hydrogen (secondary N) is 1. The smallest absolute Gasteiger partial charge is 0.248 e. The van der Waals surface area contributed by atoms with E-state index in [1.807, 2.05) is 25.1 Å². The SMILES string of the molecule is CCOc1cc(CN2CCC(Nc3ncc(-c4ccc(C(N)=O)cc4)cn3)CC2)ccc1F. The van der Waals surface area contributed by atoms with Crippen LogP contribution in [0.2, 0.25) is 0 Å². The van der Waals surface area contributed by atoms with Crippen LogP contribution in [0, 0.1) is 5.82 Å². The predicted octanol–water partition coefficient (Wildman–Crippen LogP) is 3.86. The Morgan fingerprint density at radius 3 is 2.45 bits per heavy atom. The van der Waals surface area contributed by atoms with Gasteiger partial charge in [-0.15, -0.1) is 0 Å². The van der Waals surface area contributed by atoms with Crippen LogP contribution < -0.4 is 15.8 Å². The van der Waals surface area contributed by atoms with Crippen LogP contribution in [0.4, 0.5) is 10.3 Å². The van der Waals surface area contributed by atoms with Gasteiger partial charge < -0.3 is 15.8 Å². The summed E-state index contributed by atoms with van der Waals surface area (Å²) in [6, 6.07) is 12.4.